The minimum Gasteiger partial charge on any atom is -0.385 e. The average molecular weight is 127 g/mol. The number of rotatable bonds is 2. The SMILES string of the molecule is CN(C)/N=C(\N)C1CC1. The van der Waals surface area contributed by atoms with Gasteiger partial charge < -0.3 is 10.7 Å². The summed E-state index contributed by atoms with van der Waals surface area (Å²) in [5.41, 5.74) is 5.59. The van der Waals surface area contributed by atoms with Crippen molar-refractivity contribution in [3.8, 4) is 0 Å². The number of hydrazone groups is 1. The molecule has 0 bridgehead atoms. The van der Waals surface area contributed by atoms with Crippen LogP contribution in [0, 0.1) is 5.92 Å². The molecule has 3 heteroatoms. The quantitative estimate of drug-likeness (QED) is 0.328. The molecule has 1 rings (SSSR count). The van der Waals surface area contributed by atoms with Crippen LogP contribution in [0.5, 0.6) is 0 Å². The fourth-order valence-corrected chi connectivity index (χ4v) is 0.692. The van der Waals surface area contributed by atoms with E-state index in [2.05, 4.69) is 5.10 Å². The number of nitrogens with two attached hydrogens (primary N) is 1. The molecular weight excluding hydrogens is 114 g/mol. The first-order chi connectivity index (χ1) is 4.20. The second-order valence-electron chi connectivity index (χ2n) is 2.65. The molecule has 0 atom stereocenters. The maximum absolute atomic E-state index is 5.59. The zero-order chi connectivity index (χ0) is 6.85. The van der Waals surface area contributed by atoms with Crippen LogP contribution in [0.3, 0.4) is 0 Å². The van der Waals surface area contributed by atoms with E-state index in [1.54, 1.807) is 5.01 Å². The van der Waals surface area contributed by atoms with Gasteiger partial charge in [-0.3, -0.25) is 0 Å². The Balaban J connectivity index is 2.37. The van der Waals surface area contributed by atoms with E-state index >= 15 is 0 Å². The van der Waals surface area contributed by atoms with E-state index in [0.29, 0.717) is 5.92 Å². The Labute approximate surface area is 55.5 Å². The molecule has 1 fully saturated rings. The van der Waals surface area contributed by atoms with Gasteiger partial charge in [-0.15, -0.1) is 0 Å². The Morgan fingerprint density at radius 1 is 1.56 bits per heavy atom. The highest BCUT2D eigenvalue weighted by atomic mass is 15.4. The van der Waals surface area contributed by atoms with Crippen LogP contribution in [0.4, 0.5) is 0 Å². The Kier molecular flexibility index (Phi) is 1.60. The van der Waals surface area contributed by atoms with Gasteiger partial charge in [-0.05, 0) is 12.8 Å². The van der Waals surface area contributed by atoms with Crippen LogP contribution in [0.15, 0.2) is 5.10 Å². The summed E-state index contributed by atoms with van der Waals surface area (Å²) >= 11 is 0. The topological polar surface area (TPSA) is 41.6 Å². The van der Waals surface area contributed by atoms with Crippen molar-refractivity contribution in [2.45, 2.75) is 12.8 Å². The highest BCUT2D eigenvalue weighted by molar-refractivity contribution is 5.84. The van der Waals surface area contributed by atoms with Gasteiger partial charge in [0.1, 0.15) is 5.84 Å². The van der Waals surface area contributed by atoms with Crippen molar-refractivity contribution in [1.29, 1.82) is 0 Å². The molecule has 0 aromatic carbocycles. The molecule has 0 aliphatic heterocycles. The molecule has 0 unspecified atom stereocenters. The van der Waals surface area contributed by atoms with Crippen molar-refractivity contribution in [2.24, 2.45) is 16.8 Å². The number of nitrogens with zero attached hydrogens (tertiary/aromatic N) is 2. The van der Waals surface area contributed by atoms with E-state index < -0.39 is 0 Å². The summed E-state index contributed by atoms with van der Waals surface area (Å²) in [6.45, 7) is 0. The molecular formula is C6H13N3. The van der Waals surface area contributed by atoms with Crippen LogP contribution in [-0.4, -0.2) is 24.9 Å². The van der Waals surface area contributed by atoms with E-state index in [0.717, 1.165) is 5.84 Å². The Morgan fingerprint density at radius 2 is 2.11 bits per heavy atom. The predicted octanol–water partition coefficient (Wildman–Crippen LogP) is 0.230. The third kappa shape index (κ3) is 1.91. The van der Waals surface area contributed by atoms with Gasteiger partial charge in [-0.1, -0.05) is 0 Å². The van der Waals surface area contributed by atoms with Crippen LogP contribution >= 0.6 is 0 Å². The standard InChI is InChI=1S/C6H13N3/c1-9(2)8-6(7)5-3-4-5/h5H,3-4H2,1-2H3,(H2,7,8). The molecule has 2 N–H and O–H groups in total. The lowest BCUT2D eigenvalue weighted by Crippen LogP contribution is -2.18. The summed E-state index contributed by atoms with van der Waals surface area (Å²) in [4.78, 5) is 0. The van der Waals surface area contributed by atoms with E-state index in [4.69, 9.17) is 5.73 Å². The second kappa shape index (κ2) is 2.25. The molecule has 0 radical (unpaired) electrons. The second-order valence-corrected chi connectivity index (χ2v) is 2.65. The Bertz CT molecular complexity index is 124. The minimum atomic E-state index is 0.590. The maximum atomic E-state index is 5.59. The van der Waals surface area contributed by atoms with E-state index in [9.17, 15) is 0 Å². The van der Waals surface area contributed by atoms with Gasteiger partial charge in [0.2, 0.25) is 0 Å². The summed E-state index contributed by atoms with van der Waals surface area (Å²) in [5, 5.41) is 5.81. The van der Waals surface area contributed by atoms with Gasteiger partial charge >= 0.3 is 0 Å². The summed E-state index contributed by atoms with van der Waals surface area (Å²) < 4.78 is 0. The van der Waals surface area contributed by atoms with Crippen LogP contribution in [0.25, 0.3) is 0 Å². The lowest BCUT2D eigenvalue weighted by atomic mass is 10.4. The lowest BCUT2D eigenvalue weighted by molar-refractivity contribution is 0.435. The molecule has 0 aromatic rings. The van der Waals surface area contributed by atoms with Crippen molar-refractivity contribution in [2.75, 3.05) is 14.1 Å². The molecule has 0 spiro atoms. The van der Waals surface area contributed by atoms with Crippen molar-refractivity contribution in [3.63, 3.8) is 0 Å². The fourth-order valence-electron chi connectivity index (χ4n) is 0.692. The number of hydrogen-bond donors (Lipinski definition) is 1. The molecule has 1 saturated carbocycles. The number of hydrogen-bond acceptors (Lipinski definition) is 2. The highest BCUT2D eigenvalue weighted by Crippen LogP contribution is 2.28. The molecule has 9 heavy (non-hydrogen) atoms. The monoisotopic (exact) mass is 127 g/mol. The summed E-state index contributed by atoms with van der Waals surface area (Å²) in [7, 11) is 3.77. The maximum Gasteiger partial charge on any atom is 0.122 e. The highest BCUT2D eigenvalue weighted by Gasteiger charge is 2.25. The molecule has 0 aromatic heterocycles. The van der Waals surface area contributed by atoms with E-state index in [1.165, 1.54) is 12.8 Å². The first-order valence-corrected chi connectivity index (χ1v) is 3.21. The zero-order valence-electron chi connectivity index (χ0n) is 5.96. The van der Waals surface area contributed by atoms with Crippen LogP contribution < -0.4 is 5.73 Å². The number of amidine groups is 1. The largest absolute Gasteiger partial charge is 0.385 e. The minimum absolute atomic E-state index is 0.590. The lowest BCUT2D eigenvalue weighted by Gasteiger charge is -2.04. The van der Waals surface area contributed by atoms with Gasteiger partial charge in [-0.25, -0.2) is 0 Å². The van der Waals surface area contributed by atoms with Gasteiger partial charge in [0.25, 0.3) is 0 Å². The normalized spacial score (nSPS) is 20.0. The van der Waals surface area contributed by atoms with E-state index in [1.807, 2.05) is 14.1 Å². The molecule has 0 saturated heterocycles. The van der Waals surface area contributed by atoms with Gasteiger partial charge in [0, 0.05) is 20.0 Å². The van der Waals surface area contributed by atoms with Crippen LogP contribution in [0.2, 0.25) is 0 Å². The summed E-state index contributed by atoms with van der Waals surface area (Å²) in [5.74, 6) is 1.38. The fraction of sp³-hybridized carbons (Fsp3) is 0.833. The van der Waals surface area contributed by atoms with Crippen molar-refractivity contribution >= 4 is 5.84 Å². The van der Waals surface area contributed by atoms with Crippen molar-refractivity contribution in [3.05, 3.63) is 0 Å². The molecule has 52 valence electrons. The van der Waals surface area contributed by atoms with Crippen molar-refractivity contribution in [1.82, 2.24) is 5.01 Å². The van der Waals surface area contributed by atoms with Gasteiger partial charge in [-0.2, -0.15) is 5.10 Å². The molecule has 0 heterocycles. The van der Waals surface area contributed by atoms with Gasteiger partial charge in [0.15, 0.2) is 0 Å². The molecule has 0 amide bonds. The van der Waals surface area contributed by atoms with Crippen LogP contribution in [-0.2, 0) is 0 Å². The zero-order valence-corrected chi connectivity index (χ0v) is 5.96. The third-order valence-corrected chi connectivity index (χ3v) is 1.31. The first-order valence-electron chi connectivity index (χ1n) is 3.21. The molecule has 1 aliphatic carbocycles. The first kappa shape index (κ1) is 6.39. The van der Waals surface area contributed by atoms with E-state index in [-0.39, 0.29) is 0 Å². The smallest absolute Gasteiger partial charge is 0.122 e. The average Bonchev–Trinajstić information content (AvgIpc) is 2.40. The summed E-state index contributed by atoms with van der Waals surface area (Å²) in [6.07, 6.45) is 2.45. The Morgan fingerprint density at radius 3 is 2.44 bits per heavy atom. The van der Waals surface area contributed by atoms with Crippen molar-refractivity contribution < 1.29 is 0 Å². The van der Waals surface area contributed by atoms with Crippen LogP contribution in [0.1, 0.15) is 12.8 Å². The van der Waals surface area contributed by atoms with Gasteiger partial charge in [0.05, 0.1) is 0 Å². The third-order valence-electron chi connectivity index (χ3n) is 1.31. The molecule has 1 aliphatic rings. The summed E-state index contributed by atoms with van der Waals surface area (Å²) in [6, 6.07) is 0. The molecule has 3 nitrogen and oxygen atoms in total. The predicted molar refractivity (Wildman–Crippen MR) is 38.0 cm³/mol. The Hall–Kier alpha value is -0.730.